The number of benzene rings is 2. The Labute approximate surface area is 194 Å². The average Bonchev–Trinajstić information content (AvgIpc) is 3.26. The second-order valence-electron chi connectivity index (χ2n) is 6.67. The Morgan fingerprint density at radius 3 is 2.45 bits per heavy atom. The molecule has 0 saturated carbocycles. The van der Waals surface area contributed by atoms with Crippen molar-refractivity contribution < 1.29 is 19.1 Å². The third-order valence-electron chi connectivity index (χ3n) is 4.34. The molecule has 1 heterocycles. The molecule has 33 heavy (non-hydrogen) atoms. The van der Waals surface area contributed by atoms with E-state index in [4.69, 9.17) is 4.74 Å². The first-order chi connectivity index (χ1) is 15.9. The van der Waals surface area contributed by atoms with Crippen molar-refractivity contribution >= 4 is 51.7 Å². The maximum Gasteiger partial charge on any atom is 0.338 e. The lowest BCUT2D eigenvalue weighted by Crippen LogP contribution is -2.22. The number of esters is 1. The van der Waals surface area contributed by atoms with E-state index in [0.29, 0.717) is 27.8 Å². The number of ether oxygens (including phenoxy) is 1. The van der Waals surface area contributed by atoms with Crippen molar-refractivity contribution in [1.82, 2.24) is 4.98 Å². The minimum absolute atomic E-state index is 0.157. The molecule has 2 amide bonds. The zero-order valence-corrected chi connectivity index (χ0v) is 18.8. The highest BCUT2D eigenvalue weighted by atomic mass is 32.1. The minimum Gasteiger partial charge on any atom is -0.462 e. The SMILES string of the molecule is CCOC(=O)c1ccc(NC(=O)/C(C#N)=C/c2csc(N(C(C)=O)c3ccccc3)n2)cc1. The lowest BCUT2D eigenvalue weighted by molar-refractivity contribution is -0.116. The highest BCUT2D eigenvalue weighted by molar-refractivity contribution is 7.14. The number of hydrogen-bond acceptors (Lipinski definition) is 7. The molecule has 0 bridgehead atoms. The van der Waals surface area contributed by atoms with Gasteiger partial charge in [0.05, 0.1) is 23.6 Å². The van der Waals surface area contributed by atoms with Crippen LogP contribution in [0.25, 0.3) is 6.08 Å². The number of para-hydroxylation sites is 1. The van der Waals surface area contributed by atoms with Crippen molar-refractivity contribution in [3.63, 3.8) is 0 Å². The molecule has 8 nitrogen and oxygen atoms in total. The van der Waals surface area contributed by atoms with Crippen LogP contribution < -0.4 is 10.2 Å². The van der Waals surface area contributed by atoms with Gasteiger partial charge in [-0.05, 0) is 49.4 Å². The van der Waals surface area contributed by atoms with Crippen LogP contribution in [0, 0.1) is 11.3 Å². The molecule has 0 saturated heterocycles. The molecule has 0 spiro atoms. The van der Waals surface area contributed by atoms with Crippen molar-refractivity contribution in [2.24, 2.45) is 0 Å². The fraction of sp³-hybridized carbons (Fsp3) is 0.125. The zero-order chi connectivity index (χ0) is 23.8. The van der Waals surface area contributed by atoms with Gasteiger partial charge in [0.25, 0.3) is 5.91 Å². The number of aromatic nitrogens is 1. The van der Waals surface area contributed by atoms with Gasteiger partial charge in [-0.2, -0.15) is 5.26 Å². The molecule has 1 N–H and O–H groups in total. The number of nitrogens with zero attached hydrogens (tertiary/aromatic N) is 3. The van der Waals surface area contributed by atoms with Crippen molar-refractivity contribution in [3.8, 4) is 6.07 Å². The number of carbonyl (C=O) groups is 3. The summed E-state index contributed by atoms with van der Waals surface area (Å²) in [5.74, 6) is -1.29. The van der Waals surface area contributed by atoms with E-state index in [1.165, 1.54) is 41.4 Å². The zero-order valence-electron chi connectivity index (χ0n) is 17.9. The van der Waals surface area contributed by atoms with Gasteiger partial charge in [0, 0.05) is 18.0 Å². The summed E-state index contributed by atoms with van der Waals surface area (Å²) < 4.78 is 4.92. The molecule has 166 valence electrons. The Kier molecular flexibility index (Phi) is 7.68. The average molecular weight is 461 g/mol. The predicted octanol–water partition coefficient (Wildman–Crippen LogP) is 4.55. The third-order valence-corrected chi connectivity index (χ3v) is 5.19. The second kappa shape index (κ2) is 10.8. The van der Waals surface area contributed by atoms with Crippen LogP contribution in [-0.2, 0) is 14.3 Å². The monoisotopic (exact) mass is 460 g/mol. The number of rotatable bonds is 7. The first-order valence-electron chi connectivity index (χ1n) is 9.94. The molecule has 1 aromatic heterocycles. The van der Waals surface area contributed by atoms with Crippen molar-refractivity contribution in [2.45, 2.75) is 13.8 Å². The highest BCUT2D eigenvalue weighted by Gasteiger charge is 2.18. The van der Waals surface area contributed by atoms with Crippen molar-refractivity contribution in [3.05, 3.63) is 76.8 Å². The van der Waals surface area contributed by atoms with Crippen LogP contribution in [0.3, 0.4) is 0 Å². The van der Waals surface area contributed by atoms with Gasteiger partial charge in [0.1, 0.15) is 11.6 Å². The summed E-state index contributed by atoms with van der Waals surface area (Å²) in [6.07, 6.45) is 1.35. The minimum atomic E-state index is -0.623. The number of hydrogen-bond donors (Lipinski definition) is 1. The molecule has 0 aliphatic rings. The van der Waals surface area contributed by atoms with Crippen LogP contribution in [0.4, 0.5) is 16.5 Å². The van der Waals surface area contributed by atoms with E-state index in [1.54, 1.807) is 36.6 Å². The molecule has 3 aromatic rings. The van der Waals surface area contributed by atoms with Gasteiger partial charge < -0.3 is 10.1 Å². The van der Waals surface area contributed by atoms with Crippen LogP contribution in [0.1, 0.15) is 29.9 Å². The van der Waals surface area contributed by atoms with E-state index in [9.17, 15) is 19.6 Å². The number of anilines is 3. The van der Waals surface area contributed by atoms with Crippen LogP contribution >= 0.6 is 11.3 Å². The molecule has 0 aliphatic heterocycles. The van der Waals surface area contributed by atoms with E-state index in [0.717, 1.165) is 0 Å². The molecular weight excluding hydrogens is 440 g/mol. The van der Waals surface area contributed by atoms with Gasteiger partial charge in [-0.3, -0.25) is 14.5 Å². The van der Waals surface area contributed by atoms with Gasteiger partial charge in [0.15, 0.2) is 5.13 Å². The van der Waals surface area contributed by atoms with Crippen molar-refractivity contribution in [1.29, 1.82) is 5.26 Å². The van der Waals surface area contributed by atoms with Crippen molar-refractivity contribution in [2.75, 3.05) is 16.8 Å². The Morgan fingerprint density at radius 1 is 1.15 bits per heavy atom. The number of nitriles is 1. The summed E-state index contributed by atoms with van der Waals surface area (Å²) >= 11 is 1.22. The van der Waals surface area contributed by atoms with Crippen LogP contribution in [0.15, 0.2) is 65.6 Å². The summed E-state index contributed by atoms with van der Waals surface area (Å²) in [6.45, 7) is 3.42. The highest BCUT2D eigenvalue weighted by Crippen LogP contribution is 2.29. The fourth-order valence-corrected chi connectivity index (χ4v) is 3.69. The quantitative estimate of drug-likeness (QED) is 0.314. The Balaban J connectivity index is 1.76. The number of nitrogens with one attached hydrogen (secondary N) is 1. The summed E-state index contributed by atoms with van der Waals surface area (Å²) in [5, 5.41) is 14.2. The molecule has 0 fully saturated rings. The molecule has 9 heteroatoms. The molecule has 2 aromatic carbocycles. The number of amides is 2. The van der Waals surface area contributed by atoms with E-state index in [-0.39, 0.29) is 18.1 Å². The molecule has 0 aliphatic carbocycles. The summed E-state index contributed by atoms with van der Waals surface area (Å²) in [7, 11) is 0. The maximum atomic E-state index is 12.6. The van der Waals surface area contributed by atoms with Gasteiger partial charge in [0.2, 0.25) is 5.91 Å². The van der Waals surface area contributed by atoms with Gasteiger partial charge in [-0.25, -0.2) is 9.78 Å². The Hall–Kier alpha value is -4.29. The largest absolute Gasteiger partial charge is 0.462 e. The standard InChI is InChI=1S/C24H20N4O4S/c1-3-32-23(31)17-9-11-19(12-10-17)26-22(30)18(14-25)13-20-15-33-24(27-20)28(16(2)29)21-7-5-4-6-8-21/h4-13,15H,3H2,1-2H3,(H,26,30)/b18-13+. The molecular formula is C24H20N4O4S. The topological polar surface area (TPSA) is 112 Å². The first-order valence-corrected chi connectivity index (χ1v) is 10.8. The van der Waals surface area contributed by atoms with Gasteiger partial charge >= 0.3 is 5.97 Å². The summed E-state index contributed by atoms with van der Waals surface area (Å²) in [6, 6.07) is 17.1. The van der Waals surface area contributed by atoms with E-state index in [2.05, 4.69) is 10.3 Å². The van der Waals surface area contributed by atoms with Crippen LogP contribution in [0.2, 0.25) is 0 Å². The Bertz CT molecular complexity index is 1230. The molecule has 0 atom stereocenters. The number of thiazole rings is 1. The van der Waals surface area contributed by atoms with Gasteiger partial charge in [-0.15, -0.1) is 11.3 Å². The summed E-state index contributed by atoms with van der Waals surface area (Å²) in [5.41, 5.74) is 1.66. The van der Waals surface area contributed by atoms with E-state index < -0.39 is 11.9 Å². The van der Waals surface area contributed by atoms with E-state index >= 15 is 0 Å². The normalized spacial score (nSPS) is 10.8. The van der Waals surface area contributed by atoms with Crippen LogP contribution in [-0.4, -0.2) is 29.4 Å². The lowest BCUT2D eigenvalue weighted by Gasteiger charge is -2.17. The van der Waals surface area contributed by atoms with E-state index in [1.807, 2.05) is 24.3 Å². The van der Waals surface area contributed by atoms with Gasteiger partial charge in [-0.1, -0.05) is 18.2 Å². The van der Waals surface area contributed by atoms with Crippen LogP contribution in [0.5, 0.6) is 0 Å². The second-order valence-corrected chi connectivity index (χ2v) is 7.50. The molecule has 0 radical (unpaired) electrons. The maximum absolute atomic E-state index is 12.6. The predicted molar refractivity (Wildman–Crippen MR) is 126 cm³/mol. The third kappa shape index (κ3) is 5.90. The fourth-order valence-electron chi connectivity index (χ4n) is 2.85. The summed E-state index contributed by atoms with van der Waals surface area (Å²) in [4.78, 5) is 42.3. The molecule has 3 rings (SSSR count). The lowest BCUT2D eigenvalue weighted by atomic mass is 10.2. The first kappa shape index (κ1) is 23.4. The molecule has 0 unspecified atom stereocenters. The Morgan fingerprint density at radius 2 is 1.85 bits per heavy atom. The number of carbonyl (C=O) groups excluding carboxylic acids is 3. The smallest absolute Gasteiger partial charge is 0.338 e.